The van der Waals surface area contributed by atoms with Gasteiger partial charge in [-0.15, -0.1) is 0 Å². The minimum absolute atomic E-state index is 0.0650. The van der Waals surface area contributed by atoms with E-state index in [4.69, 9.17) is 5.11 Å². The molecule has 1 heterocycles. The first-order chi connectivity index (χ1) is 8.63. The molecule has 4 nitrogen and oxygen atoms in total. The summed E-state index contributed by atoms with van der Waals surface area (Å²) in [4.78, 5) is 16.2. The highest BCUT2D eigenvalue weighted by molar-refractivity contribution is 5.99. The number of nitrogens with zero attached hydrogens (tertiary/aromatic N) is 2. The van der Waals surface area contributed by atoms with Crippen LogP contribution in [0.25, 0.3) is 0 Å². The zero-order valence-electron chi connectivity index (χ0n) is 11.0. The Kier molecular flexibility index (Phi) is 3.87. The fourth-order valence-corrected chi connectivity index (χ4v) is 2.38. The third-order valence-electron chi connectivity index (χ3n) is 3.45. The number of hydrogen-bond donors (Lipinski definition) is 1. The molecule has 1 aliphatic rings. The van der Waals surface area contributed by atoms with Crippen molar-refractivity contribution in [3.05, 3.63) is 29.8 Å². The van der Waals surface area contributed by atoms with Crippen molar-refractivity contribution in [1.29, 1.82) is 0 Å². The zero-order chi connectivity index (χ0) is 13.1. The van der Waals surface area contributed by atoms with Crippen LogP contribution in [0.1, 0.15) is 16.8 Å². The zero-order valence-corrected chi connectivity index (χ0v) is 11.0. The van der Waals surface area contributed by atoms with Crippen LogP contribution >= 0.6 is 0 Å². The van der Waals surface area contributed by atoms with Crippen LogP contribution in [-0.2, 0) is 0 Å². The molecule has 0 aliphatic carbocycles. The maximum absolute atomic E-state index is 12.5. The van der Waals surface area contributed by atoms with Crippen molar-refractivity contribution in [2.75, 3.05) is 38.7 Å². The number of aliphatic hydroxyl groups is 1. The first kappa shape index (κ1) is 12.9. The van der Waals surface area contributed by atoms with E-state index in [1.54, 1.807) is 0 Å². The SMILES string of the molecule is CN(C)c1ccccc1C(=O)N1CCC(CO)C1. The fraction of sp³-hybridized carbons (Fsp3) is 0.500. The van der Waals surface area contributed by atoms with E-state index in [1.165, 1.54) is 0 Å². The first-order valence-corrected chi connectivity index (χ1v) is 6.30. The number of benzene rings is 1. The van der Waals surface area contributed by atoms with Crippen molar-refractivity contribution in [2.24, 2.45) is 5.92 Å². The lowest BCUT2D eigenvalue weighted by atomic mass is 10.1. The van der Waals surface area contributed by atoms with Crippen molar-refractivity contribution in [3.63, 3.8) is 0 Å². The lowest BCUT2D eigenvalue weighted by molar-refractivity contribution is 0.0782. The van der Waals surface area contributed by atoms with E-state index in [-0.39, 0.29) is 18.4 Å². The second-order valence-electron chi connectivity index (χ2n) is 5.00. The highest BCUT2D eigenvalue weighted by Crippen LogP contribution is 2.23. The van der Waals surface area contributed by atoms with Gasteiger partial charge in [-0.3, -0.25) is 4.79 Å². The summed E-state index contributed by atoms with van der Waals surface area (Å²) in [7, 11) is 3.87. The molecule has 1 aromatic carbocycles. The van der Waals surface area contributed by atoms with Crippen molar-refractivity contribution in [3.8, 4) is 0 Å². The number of rotatable bonds is 3. The number of aliphatic hydroxyl groups excluding tert-OH is 1. The highest BCUT2D eigenvalue weighted by atomic mass is 16.3. The van der Waals surface area contributed by atoms with Gasteiger partial charge in [0.15, 0.2) is 0 Å². The van der Waals surface area contributed by atoms with Crippen LogP contribution < -0.4 is 4.90 Å². The molecular weight excluding hydrogens is 228 g/mol. The summed E-state index contributed by atoms with van der Waals surface area (Å²) >= 11 is 0. The molecule has 1 saturated heterocycles. The monoisotopic (exact) mass is 248 g/mol. The van der Waals surface area contributed by atoms with Crippen LogP contribution in [0, 0.1) is 5.92 Å². The second-order valence-corrected chi connectivity index (χ2v) is 5.00. The quantitative estimate of drug-likeness (QED) is 0.874. The summed E-state index contributed by atoms with van der Waals surface area (Å²) in [6.07, 6.45) is 0.895. The maximum Gasteiger partial charge on any atom is 0.255 e. The molecule has 2 rings (SSSR count). The van der Waals surface area contributed by atoms with Crippen LogP contribution in [-0.4, -0.2) is 49.7 Å². The number of anilines is 1. The van der Waals surface area contributed by atoms with Crippen LogP contribution in [0.5, 0.6) is 0 Å². The molecule has 1 amide bonds. The Balaban J connectivity index is 2.19. The summed E-state index contributed by atoms with van der Waals surface area (Å²) in [5, 5.41) is 9.13. The molecule has 1 unspecified atom stereocenters. The summed E-state index contributed by atoms with van der Waals surface area (Å²) in [6.45, 7) is 1.57. The predicted molar refractivity (Wildman–Crippen MR) is 71.9 cm³/mol. The van der Waals surface area contributed by atoms with Gasteiger partial charge in [0, 0.05) is 45.4 Å². The third-order valence-corrected chi connectivity index (χ3v) is 3.45. The molecule has 0 saturated carbocycles. The minimum atomic E-state index is 0.0650. The van der Waals surface area contributed by atoms with Gasteiger partial charge < -0.3 is 14.9 Å². The van der Waals surface area contributed by atoms with Gasteiger partial charge in [0.1, 0.15) is 0 Å². The normalized spacial score (nSPS) is 19.1. The maximum atomic E-state index is 12.5. The Labute approximate surface area is 108 Å². The Morgan fingerprint density at radius 2 is 2.17 bits per heavy atom. The van der Waals surface area contributed by atoms with E-state index in [1.807, 2.05) is 48.2 Å². The number of carbonyl (C=O) groups excluding carboxylic acids is 1. The molecule has 0 bridgehead atoms. The molecule has 1 aliphatic heterocycles. The van der Waals surface area contributed by atoms with E-state index >= 15 is 0 Å². The van der Waals surface area contributed by atoms with Crippen molar-refractivity contribution in [1.82, 2.24) is 4.90 Å². The lowest BCUT2D eigenvalue weighted by Crippen LogP contribution is -2.30. The van der Waals surface area contributed by atoms with E-state index in [2.05, 4.69) is 0 Å². The Bertz CT molecular complexity index is 432. The molecule has 0 spiro atoms. The van der Waals surface area contributed by atoms with E-state index in [0.717, 1.165) is 24.2 Å². The number of hydrogen-bond acceptors (Lipinski definition) is 3. The van der Waals surface area contributed by atoms with Gasteiger partial charge in [-0.25, -0.2) is 0 Å². The van der Waals surface area contributed by atoms with E-state index in [9.17, 15) is 4.79 Å². The molecule has 1 atom stereocenters. The molecule has 18 heavy (non-hydrogen) atoms. The Morgan fingerprint density at radius 1 is 1.44 bits per heavy atom. The van der Waals surface area contributed by atoms with Gasteiger partial charge in [-0.1, -0.05) is 12.1 Å². The van der Waals surface area contributed by atoms with E-state index in [0.29, 0.717) is 6.54 Å². The first-order valence-electron chi connectivity index (χ1n) is 6.30. The largest absolute Gasteiger partial charge is 0.396 e. The van der Waals surface area contributed by atoms with Gasteiger partial charge in [0.2, 0.25) is 0 Å². The average Bonchev–Trinajstić information content (AvgIpc) is 2.86. The van der Waals surface area contributed by atoms with E-state index < -0.39 is 0 Å². The minimum Gasteiger partial charge on any atom is -0.396 e. The van der Waals surface area contributed by atoms with Gasteiger partial charge >= 0.3 is 0 Å². The number of para-hydroxylation sites is 1. The highest BCUT2D eigenvalue weighted by Gasteiger charge is 2.27. The Morgan fingerprint density at radius 3 is 2.78 bits per heavy atom. The summed E-state index contributed by atoms with van der Waals surface area (Å²) in [5.74, 6) is 0.302. The van der Waals surface area contributed by atoms with Crippen molar-refractivity contribution < 1.29 is 9.90 Å². The fourth-order valence-electron chi connectivity index (χ4n) is 2.38. The number of carbonyl (C=O) groups is 1. The summed E-state index contributed by atoms with van der Waals surface area (Å²) in [6, 6.07) is 7.64. The molecule has 1 N–H and O–H groups in total. The van der Waals surface area contributed by atoms with Crippen LogP contribution in [0.15, 0.2) is 24.3 Å². The standard InChI is InChI=1S/C14H20N2O2/c1-15(2)13-6-4-3-5-12(13)14(18)16-8-7-11(9-16)10-17/h3-6,11,17H,7-10H2,1-2H3. The lowest BCUT2D eigenvalue weighted by Gasteiger charge is -2.21. The van der Waals surface area contributed by atoms with Gasteiger partial charge in [0.25, 0.3) is 5.91 Å². The molecular formula is C14H20N2O2. The second kappa shape index (κ2) is 5.40. The summed E-state index contributed by atoms with van der Waals surface area (Å²) < 4.78 is 0. The average molecular weight is 248 g/mol. The molecule has 0 radical (unpaired) electrons. The summed E-state index contributed by atoms with van der Waals surface area (Å²) in [5.41, 5.74) is 1.68. The Hall–Kier alpha value is -1.55. The molecule has 1 aromatic rings. The molecule has 0 aromatic heterocycles. The predicted octanol–water partition coefficient (Wildman–Crippen LogP) is 1.21. The van der Waals surface area contributed by atoms with Crippen LogP contribution in [0.4, 0.5) is 5.69 Å². The van der Waals surface area contributed by atoms with Crippen molar-refractivity contribution in [2.45, 2.75) is 6.42 Å². The van der Waals surface area contributed by atoms with Crippen LogP contribution in [0.2, 0.25) is 0 Å². The van der Waals surface area contributed by atoms with Gasteiger partial charge in [0.05, 0.1) is 5.56 Å². The van der Waals surface area contributed by atoms with Gasteiger partial charge in [-0.05, 0) is 18.6 Å². The number of amides is 1. The van der Waals surface area contributed by atoms with Gasteiger partial charge in [-0.2, -0.15) is 0 Å². The topological polar surface area (TPSA) is 43.8 Å². The third kappa shape index (κ3) is 2.48. The molecule has 98 valence electrons. The number of likely N-dealkylation sites (tertiary alicyclic amines) is 1. The van der Waals surface area contributed by atoms with Crippen molar-refractivity contribution >= 4 is 11.6 Å². The molecule has 4 heteroatoms. The molecule has 1 fully saturated rings. The van der Waals surface area contributed by atoms with Crippen LogP contribution in [0.3, 0.4) is 0 Å². The smallest absolute Gasteiger partial charge is 0.255 e.